The van der Waals surface area contributed by atoms with Crippen molar-refractivity contribution in [2.75, 3.05) is 0 Å². The van der Waals surface area contributed by atoms with Gasteiger partial charge in [-0.15, -0.1) is 0 Å². The van der Waals surface area contributed by atoms with E-state index in [1.54, 1.807) is 0 Å². The maximum Gasteiger partial charge on any atom is 0.430 e. The van der Waals surface area contributed by atoms with Crippen LogP contribution in [0.1, 0.15) is 34.1 Å². The van der Waals surface area contributed by atoms with Crippen LogP contribution in [0.15, 0.2) is 0 Å². The van der Waals surface area contributed by atoms with Crippen LogP contribution in [0.5, 0.6) is 0 Å². The average Bonchev–Trinajstić information content (AvgIpc) is 2.30. The number of carbonyl (C=O) groups is 1. The first-order chi connectivity index (χ1) is 9.20. The molecule has 0 heterocycles. The number of aliphatic hydroxyl groups is 1. The Balaban J connectivity index is 5.75. The molecule has 0 fully saturated rings. The van der Waals surface area contributed by atoms with Gasteiger partial charge in [0.2, 0.25) is 0 Å². The van der Waals surface area contributed by atoms with Gasteiger partial charge >= 0.3 is 18.3 Å². The lowest BCUT2D eigenvalue weighted by molar-refractivity contribution is -0.395. The molecule has 2 atom stereocenters. The normalized spacial score (nSPS) is 16.8. The van der Waals surface area contributed by atoms with Crippen LogP contribution in [0.25, 0.3) is 0 Å². The lowest BCUT2D eigenvalue weighted by Crippen LogP contribution is -2.66. The van der Waals surface area contributed by atoms with Crippen molar-refractivity contribution >= 4 is 5.97 Å². The molecule has 126 valence electrons. The molecule has 0 aliphatic carbocycles. The van der Waals surface area contributed by atoms with Crippen LogP contribution in [0, 0.1) is 11.8 Å². The van der Waals surface area contributed by atoms with Gasteiger partial charge in [0.05, 0.1) is 5.92 Å². The van der Waals surface area contributed by atoms with Crippen LogP contribution in [0.3, 0.4) is 0 Å². The van der Waals surface area contributed by atoms with Gasteiger partial charge in [0.15, 0.2) is 6.10 Å². The number of hydrogen-bond donors (Lipinski definition) is 1. The van der Waals surface area contributed by atoms with Gasteiger partial charge in [0, 0.05) is 0 Å². The lowest BCUT2D eigenvalue weighted by atomic mass is 9.87. The summed E-state index contributed by atoms with van der Waals surface area (Å²) in [4.78, 5) is 11.5. The van der Waals surface area contributed by atoms with Crippen molar-refractivity contribution in [2.24, 2.45) is 11.8 Å². The molecule has 3 nitrogen and oxygen atoms in total. The van der Waals surface area contributed by atoms with Crippen molar-refractivity contribution < 1.29 is 41.0 Å². The predicted molar refractivity (Wildman–Crippen MR) is 61.2 cm³/mol. The number of rotatable bonds is 5. The average molecular weight is 324 g/mol. The minimum atomic E-state index is -6.03. The Morgan fingerprint density at radius 1 is 1.05 bits per heavy atom. The van der Waals surface area contributed by atoms with E-state index in [-0.39, 0.29) is 6.42 Å². The summed E-state index contributed by atoms with van der Waals surface area (Å²) in [6.45, 7) is 4.82. The van der Waals surface area contributed by atoms with Gasteiger partial charge in [-0.1, -0.05) is 27.7 Å². The first-order valence-corrected chi connectivity index (χ1v) is 6.26. The largest absolute Gasteiger partial charge is 0.458 e. The van der Waals surface area contributed by atoms with E-state index in [9.17, 15) is 36.2 Å². The fourth-order valence-electron chi connectivity index (χ4n) is 1.60. The Morgan fingerprint density at radius 2 is 1.43 bits per heavy atom. The van der Waals surface area contributed by atoms with Crippen molar-refractivity contribution in [2.45, 2.75) is 58.2 Å². The summed E-state index contributed by atoms with van der Waals surface area (Å²) in [5.74, 6) is -3.49. The second-order valence-corrected chi connectivity index (χ2v) is 5.17. The minimum absolute atomic E-state index is 0.181. The molecule has 0 saturated heterocycles. The molecule has 0 bridgehead atoms. The van der Waals surface area contributed by atoms with E-state index in [4.69, 9.17) is 0 Å². The fourth-order valence-corrected chi connectivity index (χ4v) is 1.60. The number of alkyl halides is 6. The standard InChI is InChI=1S/C12H18F6O3/c1-5-7(4)9(19)21-8(6(2)3)10(20,11(13,14)15)12(16,17)18/h6-8,20H,5H2,1-4H3. The van der Waals surface area contributed by atoms with Crippen molar-refractivity contribution in [1.82, 2.24) is 0 Å². The smallest absolute Gasteiger partial charge is 0.430 e. The molecular weight excluding hydrogens is 306 g/mol. The van der Waals surface area contributed by atoms with Crippen molar-refractivity contribution in [3.63, 3.8) is 0 Å². The van der Waals surface area contributed by atoms with Crippen LogP contribution in [0.4, 0.5) is 26.3 Å². The highest BCUT2D eigenvalue weighted by molar-refractivity contribution is 5.72. The molecular formula is C12H18F6O3. The van der Waals surface area contributed by atoms with E-state index < -0.39 is 41.9 Å². The van der Waals surface area contributed by atoms with Crippen molar-refractivity contribution in [1.29, 1.82) is 0 Å². The second kappa shape index (κ2) is 6.41. The molecule has 0 rings (SSSR count). The van der Waals surface area contributed by atoms with Crippen LogP contribution < -0.4 is 0 Å². The van der Waals surface area contributed by atoms with E-state index in [2.05, 4.69) is 4.74 Å². The number of halogens is 6. The highest BCUT2D eigenvalue weighted by Crippen LogP contribution is 2.48. The van der Waals surface area contributed by atoms with E-state index in [1.165, 1.54) is 13.8 Å². The summed E-state index contributed by atoms with van der Waals surface area (Å²) in [5.41, 5.74) is -5.11. The number of carbonyl (C=O) groups excluding carboxylic acids is 1. The molecule has 0 aliphatic heterocycles. The van der Waals surface area contributed by atoms with Crippen LogP contribution in [0.2, 0.25) is 0 Å². The molecule has 0 aromatic heterocycles. The van der Waals surface area contributed by atoms with Gasteiger partial charge in [0.1, 0.15) is 0 Å². The topological polar surface area (TPSA) is 46.5 Å². The predicted octanol–water partition coefficient (Wildman–Crippen LogP) is 3.46. The summed E-state index contributed by atoms with van der Waals surface area (Å²) >= 11 is 0. The van der Waals surface area contributed by atoms with Crippen molar-refractivity contribution in [3.8, 4) is 0 Å². The van der Waals surface area contributed by atoms with Gasteiger partial charge in [-0.2, -0.15) is 26.3 Å². The number of esters is 1. The Labute approximate surface area is 118 Å². The highest BCUT2D eigenvalue weighted by atomic mass is 19.4. The van der Waals surface area contributed by atoms with Gasteiger partial charge < -0.3 is 9.84 Å². The molecule has 0 aromatic rings. The van der Waals surface area contributed by atoms with E-state index in [1.807, 2.05) is 0 Å². The Kier molecular flexibility index (Phi) is 6.11. The van der Waals surface area contributed by atoms with Gasteiger partial charge in [-0.3, -0.25) is 4.79 Å². The highest BCUT2D eigenvalue weighted by Gasteiger charge is 2.75. The number of hydrogen-bond acceptors (Lipinski definition) is 3. The molecule has 9 heteroatoms. The molecule has 1 N–H and O–H groups in total. The van der Waals surface area contributed by atoms with Crippen LogP contribution in [-0.4, -0.2) is 35.1 Å². The summed E-state index contributed by atoms with van der Waals surface area (Å²) in [7, 11) is 0. The molecule has 0 aromatic carbocycles. The summed E-state index contributed by atoms with van der Waals surface area (Å²) in [6, 6.07) is 0. The van der Waals surface area contributed by atoms with E-state index in [0.717, 1.165) is 13.8 Å². The Hall–Kier alpha value is -0.990. The fraction of sp³-hybridized carbons (Fsp3) is 0.917. The van der Waals surface area contributed by atoms with E-state index >= 15 is 0 Å². The molecule has 2 unspecified atom stereocenters. The first-order valence-electron chi connectivity index (χ1n) is 6.26. The molecule has 0 aliphatic rings. The van der Waals surface area contributed by atoms with Gasteiger partial charge in [0.25, 0.3) is 5.60 Å². The SMILES string of the molecule is CCC(C)C(=O)OC(C(C)C)C(O)(C(F)(F)F)C(F)(F)F. The Bertz CT molecular complexity index is 347. The summed E-state index contributed by atoms with van der Waals surface area (Å²) in [6.07, 6.45) is -14.7. The lowest BCUT2D eigenvalue weighted by Gasteiger charge is -2.40. The van der Waals surface area contributed by atoms with Gasteiger partial charge in [-0.05, 0) is 12.3 Å². The molecule has 0 radical (unpaired) electrons. The zero-order chi connectivity index (χ0) is 17.2. The van der Waals surface area contributed by atoms with Crippen LogP contribution in [-0.2, 0) is 9.53 Å². The summed E-state index contributed by atoms with van der Waals surface area (Å²) < 4.78 is 81.1. The minimum Gasteiger partial charge on any atom is -0.458 e. The quantitative estimate of drug-likeness (QED) is 0.622. The third-order valence-corrected chi connectivity index (χ3v) is 3.14. The molecule has 0 saturated carbocycles. The maximum absolute atomic E-state index is 12.8. The summed E-state index contributed by atoms with van der Waals surface area (Å²) in [5, 5.41) is 9.29. The number of ether oxygens (including phenoxy) is 1. The third kappa shape index (κ3) is 4.02. The molecule has 21 heavy (non-hydrogen) atoms. The Morgan fingerprint density at radius 3 is 1.67 bits per heavy atom. The van der Waals surface area contributed by atoms with E-state index in [0.29, 0.717) is 0 Å². The third-order valence-electron chi connectivity index (χ3n) is 3.14. The zero-order valence-electron chi connectivity index (χ0n) is 12.0. The monoisotopic (exact) mass is 324 g/mol. The second-order valence-electron chi connectivity index (χ2n) is 5.17. The first kappa shape index (κ1) is 20.0. The maximum atomic E-state index is 12.8. The van der Waals surface area contributed by atoms with Crippen LogP contribution >= 0.6 is 0 Å². The van der Waals surface area contributed by atoms with Gasteiger partial charge in [-0.25, -0.2) is 0 Å². The van der Waals surface area contributed by atoms with Crippen molar-refractivity contribution in [3.05, 3.63) is 0 Å². The molecule has 0 amide bonds. The molecule has 0 spiro atoms. The zero-order valence-corrected chi connectivity index (χ0v) is 12.0.